The molecule has 0 radical (unpaired) electrons. The third kappa shape index (κ3) is 3.34. The van der Waals surface area contributed by atoms with Crippen molar-refractivity contribution in [1.29, 1.82) is 0 Å². The Morgan fingerprint density at radius 3 is 2.57 bits per heavy atom. The first-order chi connectivity index (χ1) is 10.0. The van der Waals surface area contributed by atoms with Gasteiger partial charge in [-0.3, -0.25) is 4.79 Å². The summed E-state index contributed by atoms with van der Waals surface area (Å²) < 4.78 is 45.2. The summed E-state index contributed by atoms with van der Waals surface area (Å²) in [5, 5.41) is 2.30. The van der Waals surface area contributed by atoms with Gasteiger partial charge in [0.25, 0.3) is 5.91 Å². The van der Waals surface area contributed by atoms with Gasteiger partial charge in [0, 0.05) is 11.8 Å². The topological polar surface area (TPSA) is 38.3 Å². The first-order valence-corrected chi connectivity index (χ1v) is 6.20. The molecule has 1 amide bonds. The Morgan fingerprint density at radius 1 is 1.14 bits per heavy atom. The van der Waals surface area contributed by atoms with Crippen molar-refractivity contribution in [2.45, 2.75) is 6.92 Å². The van der Waals surface area contributed by atoms with Gasteiger partial charge >= 0.3 is 0 Å². The molecule has 110 valence electrons. The molecule has 2 aromatic carbocycles. The number of carbonyl (C=O) groups is 1. The molecule has 2 aromatic rings. The van der Waals surface area contributed by atoms with Crippen LogP contribution in [0.5, 0.6) is 5.75 Å². The summed E-state index contributed by atoms with van der Waals surface area (Å²) in [4.78, 5) is 11.8. The Kier molecular flexibility index (Phi) is 4.47. The molecule has 0 saturated carbocycles. The van der Waals surface area contributed by atoms with Gasteiger partial charge in [-0.05, 0) is 31.2 Å². The summed E-state index contributed by atoms with van der Waals surface area (Å²) in [5.41, 5.74) is -0.339. The van der Waals surface area contributed by atoms with Crippen molar-refractivity contribution in [1.82, 2.24) is 0 Å². The van der Waals surface area contributed by atoms with Gasteiger partial charge in [0.15, 0.2) is 23.2 Å². The molecule has 3 nitrogen and oxygen atoms in total. The van der Waals surface area contributed by atoms with E-state index >= 15 is 0 Å². The fraction of sp³-hybridized carbons (Fsp3) is 0.133. The number of nitrogens with one attached hydrogen (secondary N) is 1. The molecule has 0 aromatic heterocycles. The van der Waals surface area contributed by atoms with Crippen LogP contribution >= 0.6 is 0 Å². The summed E-state index contributed by atoms with van der Waals surface area (Å²) in [7, 11) is 0. The predicted molar refractivity (Wildman–Crippen MR) is 71.9 cm³/mol. The van der Waals surface area contributed by atoms with E-state index in [0.29, 0.717) is 6.61 Å². The van der Waals surface area contributed by atoms with Crippen LogP contribution in [0.15, 0.2) is 36.4 Å². The number of halogens is 3. The zero-order valence-corrected chi connectivity index (χ0v) is 11.1. The Hall–Kier alpha value is -2.50. The summed E-state index contributed by atoms with van der Waals surface area (Å²) in [6.45, 7) is 2.01. The number of carbonyl (C=O) groups excluding carboxylic acids is 1. The van der Waals surface area contributed by atoms with Crippen LogP contribution in [0, 0.1) is 17.5 Å². The molecule has 0 aliphatic rings. The molecule has 0 heterocycles. The number of rotatable bonds is 4. The van der Waals surface area contributed by atoms with Crippen LogP contribution in [0.25, 0.3) is 0 Å². The van der Waals surface area contributed by atoms with Gasteiger partial charge in [-0.15, -0.1) is 0 Å². The maximum absolute atomic E-state index is 13.6. The smallest absolute Gasteiger partial charge is 0.258 e. The zero-order valence-electron chi connectivity index (χ0n) is 11.1. The molecule has 0 aliphatic carbocycles. The monoisotopic (exact) mass is 295 g/mol. The lowest BCUT2D eigenvalue weighted by Gasteiger charge is -2.09. The van der Waals surface area contributed by atoms with Gasteiger partial charge in [0.05, 0.1) is 12.2 Å². The van der Waals surface area contributed by atoms with Crippen molar-refractivity contribution in [3.63, 3.8) is 0 Å². The standard InChI is InChI=1S/C15H12F3NO2/c1-2-21-13-7-6-9(8-12(13)17)19-15(20)10-4-3-5-11(16)14(10)18/h3-8H,2H2,1H3,(H,19,20). The van der Waals surface area contributed by atoms with Crippen LogP contribution in [0.4, 0.5) is 18.9 Å². The first-order valence-electron chi connectivity index (χ1n) is 6.20. The normalized spacial score (nSPS) is 10.3. The zero-order chi connectivity index (χ0) is 15.4. The highest BCUT2D eigenvalue weighted by molar-refractivity contribution is 6.04. The minimum atomic E-state index is -1.25. The Labute approximate surface area is 119 Å². The van der Waals surface area contributed by atoms with Crippen LogP contribution < -0.4 is 10.1 Å². The van der Waals surface area contributed by atoms with E-state index in [0.717, 1.165) is 18.2 Å². The lowest BCUT2D eigenvalue weighted by Crippen LogP contribution is -2.14. The van der Waals surface area contributed by atoms with E-state index in [2.05, 4.69) is 5.32 Å². The fourth-order valence-corrected chi connectivity index (χ4v) is 1.73. The van der Waals surface area contributed by atoms with Gasteiger partial charge in [-0.2, -0.15) is 0 Å². The fourth-order valence-electron chi connectivity index (χ4n) is 1.73. The second kappa shape index (κ2) is 6.30. The second-order valence-corrected chi connectivity index (χ2v) is 4.13. The summed E-state index contributed by atoms with van der Waals surface area (Å²) in [6.07, 6.45) is 0. The quantitative estimate of drug-likeness (QED) is 0.932. The van der Waals surface area contributed by atoms with Crippen molar-refractivity contribution < 1.29 is 22.7 Å². The number of benzene rings is 2. The number of hydrogen-bond acceptors (Lipinski definition) is 2. The van der Waals surface area contributed by atoms with Gasteiger partial charge in [0.1, 0.15) is 0 Å². The summed E-state index contributed by atoms with van der Waals surface area (Å²) in [5.74, 6) is -3.85. The van der Waals surface area contributed by atoms with E-state index in [1.807, 2.05) is 0 Å². The first kappa shape index (κ1) is 14.9. The third-order valence-electron chi connectivity index (χ3n) is 2.69. The highest BCUT2D eigenvalue weighted by Crippen LogP contribution is 2.22. The van der Waals surface area contributed by atoms with Gasteiger partial charge in [0.2, 0.25) is 0 Å². The van der Waals surface area contributed by atoms with Crippen molar-refractivity contribution >= 4 is 11.6 Å². The van der Waals surface area contributed by atoms with Crippen molar-refractivity contribution in [3.05, 3.63) is 59.4 Å². The molecule has 0 unspecified atom stereocenters. The summed E-state index contributed by atoms with van der Waals surface area (Å²) in [6, 6.07) is 7.05. The molecule has 21 heavy (non-hydrogen) atoms. The van der Waals surface area contributed by atoms with E-state index in [9.17, 15) is 18.0 Å². The third-order valence-corrected chi connectivity index (χ3v) is 2.69. The average molecular weight is 295 g/mol. The number of hydrogen-bond donors (Lipinski definition) is 1. The number of anilines is 1. The second-order valence-electron chi connectivity index (χ2n) is 4.13. The lowest BCUT2D eigenvalue weighted by molar-refractivity contribution is 0.102. The van der Waals surface area contributed by atoms with E-state index in [1.54, 1.807) is 6.92 Å². The molecule has 0 spiro atoms. The highest BCUT2D eigenvalue weighted by atomic mass is 19.2. The molecule has 0 aliphatic heterocycles. The van der Waals surface area contributed by atoms with Crippen LogP contribution in [0.1, 0.15) is 17.3 Å². The minimum absolute atomic E-state index is 0.0486. The lowest BCUT2D eigenvalue weighted by atomic mass is 10.2. The SMILES string of the molecule is CCOc1ccc(NC(=O)c2cccc(F)c2F)cc1F. The van der Waals surface area contributed by atoms with E-state index in [4.69, 9.17) is 4.74 Å². The largest absolute Gasteiger partial charge is 0.491 e. The molecule has 0 saturated heterocycles. The Balaban J connectivity index is 2.20. The highest BCUT2D eigenvalue weighted by Gasteiger charge is 2.15. The molecule has 2 rings (SSSR count). The molecule has 1 N–H and O–H groups in total. The van der Waals surface area contributed by atoms with Crippen LogP contribution in [-0.4, -0.2) is 12.5 Å². The molecular weight excluding hydrogens is 283 g/mol. The van der Waals surface area contributed by atoms with Crippen LogP contribution in [-0.2, 0) is 0 Å². The minimum Gasteiger partial charge on any atom is -0.491 e. The number of ether oxygens (including phenoxy) is 1. The molecule has 0 atom stereocenters. The van der Waals surface area contributed by atoms with Crippen molar-refractivity contribution in [2.75, 3.05) is 11.9 Å². The van der Waals surface area contributed by atoms with Gasteiger partial charge < -0.3 is 10.1 Å². The van der Waals surface area contributed by atoms with Crippen molar-refractivity contribution in [3.8, 4) is 5.75 Å². The van der Waals surface area contributed by atoms with Gasteiger partial charge in [-0.1, -0.05) is 6.07 Å². The molecule has 0 bridgehead atoms. The van der Waals surface area contributed by atoms with Gasteiger partial charge in [-0.25, -0.2) is 13.2 Å². The average Bonchev–Trinajstić information content (AvgIpc) is 2.45. The van der Waals surface area contributed by atoms with Crippen molar-refractivity contribution in [2.24, 2.45) is 0 Å². The molecular formula is C15H12F3NO2. The Bertz CT molecular complexity index is 674. The molecule has 0 fully saturated rings. The van der Waals surface area contributed by atoms with E-state index < -0.39 is 28.9 Å². The predicted octanol–water partition coefficient (Wildman–Crippen LogP) is 3.75. The molecule has 6 heteroatoms. The maximum Gasteiger partial charge on any atom is 0.258 e. The maximum atomic E-state index is 13.6. The van der Waals surface area contributed by atoms with E-state index in [-0.39, 0.29) is 11.4 Å². The summed E-state index contributed by atoms with van der Waals surface area (Å²) >= 11 is 0. The van der Waals surface area contributed by atoms with Crippen LogP contribution in [0.3, 0.4) is 0 Å². The Morgan fingerprint density at radius 2 is 1.90 bits per heavy atom. The number of amides is 1. The van der Waals surface area contributed by atoms with E-state index in [1.165, 1.54) is 18.2 Å². The van der Waals surface area contributed by atoms with Crippen LogP contribution in [0.2, 0.25) is 0 Å².